The van der Waals surface area contributed by atoms with Gasteiger partial charge < -0.3 is 9.64 Å². The summed E-state index contributed by atoms with van der Waals surface area (Å²) in [7, 11) is 0. The van der Waals surface area contributed by atoms with E-state index >= 15 is 0 Å². The van der Waals surface area contributed by atoms with Crippen LogP contribution < -0.4 is 0 Å². The first-order valence-corrected chi connectivity index (χ1v) is 8.03. The maximum atomic E-state index is 12.4. The molecule has 0 aromatic carbocycles. The van der Waals surface area contributed by atoms with Crippen molar-refractivity contribution in [3.63, 3.8) is 0 Å². The monoisotopic (exact) mass is 281 g/mol. The first-order valence-electron chi connectivity index (χ1n) is 8.03. The van der Waals surface area contributed by atoms with E-state index < -0.39 is 0 Å². The van der Waals surface area contributed by atoms with E-state index in [2.05, 4.69) is 0 Å². The topological polar surface area (TPSA) is 46.6 Å². The second kappa shape index (κ2) is 7.21. The fraction of sp³-hybridized carbons (Fsp3) is 0.875. The van der Waals surface area contributed by atoms with E-state index in [9.17, 15) is 9.59 Å². The van der Waals surface area contributed by atoms with Crippen LogP contribution in [-0.2, 0) is 14.3 Å². The van der Waals surface area contributed by atoms with Crippen LogP contribution in [0.5, 0.6) is 0 Å². The minimum atomic E-state index is 0.0572. The van der Waals surface area contributed by atoms with Gasteiger partial charge in [-0.1, -0.05) is 6.42 Å². The molecule has 0 aromatic rings. The van der Waals surface area contributed by atoms with E-state index in [0.717, 1.165) is 45.1 Å². The van der Waals surface area contributed by atoms with Crippen molar-refractivity contribution in [2.45, 2.75) is 70.9 Å². The molecule has 1 heterocycles. The fourth-order valence-electron chi connectivity index (χ4n) is 3.42. The number of hydrogen-bond donors (Lipinski definition) is 0. The molecule has 2 unspecified atom stereocenters. The van der Waals surface area contributed by atoms with Gasteiger partial charge in [-0.2, -0.15) is 0 Å². The Morgan fingerprint density at radius 1 is 1.25 bits per heavy atom. The maximum absolute atomic E-state index is 12.4. The highest BCUT2D eigenvalue weighted by Gasteiger charge is 2.37. The van der Waals surface area contributed by atoms with Crippen LogP contribution in [0.15, 0.2) is 0 Å². The number of rotatable bonds is 4. The minimum Gasteiger partial charge on any atom is -0.369 e. The highest BCUT2D eigenvalue weighted by atomic mass is 16.5. The molecule has 0 radical (unpaired) electrons. The molecule has 0 bridgehead atoms. The van der Waals surface area contributed by atoms with Crippen LogP contribution in [0.1, 0.15) is 58.8 Å². The Kier molecular flexibility index (Phi) is 5.58. The summed E-state index contributed by atoms with van der Waals surface area (Å²) in [5, 5.41) is 0. The van der Waals surface area contributed by atoms with Crippen LogP contribution in [0.4, 0.5) is 0 Å². The van der Waals surface area contributed by atoms with Gasteiger partial charge in [0.1, 0.15) is 12.4 Å². The summed E-state index contributed by atoms with van der Waals surface area (Å²) in [4.78, 5) is 26.4. The van der Waals surface area contributed by atoms with E-state index in [1.54, 1.807) is 0 Å². The predicted molar refractivity (Wildman–Crippen MR) is 77.4 cm³/mol. The van der Waals surface area contributed by atoms with Crippen LogP contribution in [-0.4, -0.2) is 41.9 Å². The Morgan fingerprint density at radius 2 is 2.00 bits per heavy atom. The lowest BCUT2D eigenvalue weighted by molar-refractivity contribution is -0.145. The van der Waals surface area contributed by atoms with E-state index in [1.165, 1.54) is 0 Å². The van der Waals surface area contributed by atoms with Crippen LogP contribution in [0.25, 0.3) is 0 Å². The van der Waals surface area contributed by atoms with Crippen molar-refractivity contribution < 1.29 is 14.3 Å². The average Bonchev–Trinajstić information content (AvgIpc) is 2.45. The zero-order valence-electron chi connectivity index (χ0n) is 12.8. The Morgan fingerprint density at radius 3 is 2.70 bits per heavy atom. The summed E-state index contributed by atoms with van der Waals surface area (Å²) >= 11 is 0. The Balaban J connectivity index is 2.00. The third-order valence-corrected chi connectivity index (χ3v) is 4.48. The lowest BCUT2D eigenvalue weighted by atomic mass is 9.79. The number of likely N-dealkylation sites (tertiary alicyclic amines) is 1. The minimum absolute atomic E-state index is 0.0572. The van der Waals surface area contributed by atoms with Gasteiger partial charge in [0.15, 0.2) is 0 Å². The highest BCUT2D eigenvalue weighted by molar-refractivity contribution is 5.84. The van der Waals surface area contributed by atoms with Crippen molar-refractivity contribution in [1.29, 1.82) is 0 Å². The van der Waals surface area contributed by atoms with Gasteiger partial charge in [-0.25, -0.2) is 0 Å². The summed E-state index contributed by atoms with van der Waals surface area (Å²) in [5.41, 5.74) is 0. The van der Waals surface area contributed by atoms with E-state index in [4.69, 9.17) is 4.74 Å². The van der Waals surface area contributed by atoms with Gasteiger partial charge in [0.2, 0.25) is 5.91 Å². The van der Waals surface area contributed by atoms with Crippen LogP contribution in [0, 0.1) is 5.92 Å². The predicted octanol–water partition coefficient (Wildman–Crippen LogP) is 2.55. The molecule has 1 aliphatic heterocycles. The van der Waals surface area contributed by atoms with Gasteiger partial charge in [0, 0.05) is 24.9 Å². The molecule has 2 fully saturated rings. The summed E-state index contributed by atoms with van der Waals surface area (Å²) in [5.74, 6) is 0.500. The molecule has 2 aliphatic rings. The molecule has 0 aromatic heterocycles. The number of nitrogens with zero attached hydrogens (tertiary/aromatic N) is 1. The number of amides is 1. The Bertz CT molecular complexity index is 354. The third kappa shape index (κ3) is 3.81. The first-order chi connectivity index (χ1) is 9.59. The number of hydrogen-bond acceptors (Lipinski definition) is 3. The quantitative estimate of drug-likeness (QED) is 0.795. The first kappa shape index (κ1) is 15.5. The van der Waals surface area contributed by atoms with Crippen LogP contribution >= 0.6 is 0 Å². The normalized spacial score (nSPS) is 27.9. The highest BCUT2D eigenvalue weighted by Crippen LogP contribution is 2.31. The van der Waals surface area contributed by atoms with E-state index in [-0.39, 0.29) is 30.6 Å². The van der Waals surface area contributed by atoms with Gasteiger partial charge in [-0.15, -0.1) is 0 Å². The van der Waals surface area contributed by atoms with Crippen LogP contribution in [0.2, 0.25) is 0 Å². The molecule has 20 heavy (non-hydrogen) atoms. The molecule has 1 saturated heterocycles. The van der Waals surface area contributed by atoms with E-state index in [1.807, 2.05) is 18.7 Å². The lowest BCUT2D eigenvalue weighted by Gasteiger charge is -2.41. The Labute approximate surface area is 121 Å². The van der Waals surface area contributed by atoms with Gasteiger partial charge in [-0.05, 0) is 46.0 Å². The average molecular weight is 281 g/mol. The maximum Gasteiger partial charge on any atom is 0.248 e. The number of carbonyl (C=O) groups excluding carboxylic acids is 2. The van der Waals surface area contributed by atoms with E-state index in [0.29, 0.717) is 12.2 Å². The molecule has 0 N–H and O–H groups in total. The molecule has 1 amide bonds. The van der Waals surface area contributed by atoms with Crippen molar-refractivity contribution in [2.24, 2.45) is 5.92 Å². The molecule has 1 saturated carbocycles. The van der Waals surface area contributed by atoms with Crippen molar-refractivity contribution in [2.75, 3.05) is 13.2 Å². The van der Waals surface area contributed by atoms with Gasteiger partial charge in [0.05, 0.1) is 6.10 Å². The number of carbonyl (C=O) groups is 2. The lowest BCUT2D eigenvalue weighted by Crippen LogP contribution is -2.51. The smallest absolute Gasteiger partial charge is 0.248 e. The van der Waals surface area contributed by atoms with Gasteiger partial charge >= 0.3 is 0 Å². The molecule has 4 nitrogen and oxygen atoms in total. The molecule has 2 rings (SSSR count). The summed E-state index contributed by atoms with van der Waals surface area (Å²) < 4.78 is 5.44. The number of ketones is 1. The zero-order valence-corrected chi connectivity index (χ0v) is 12.8. The Hall–Kier alpha value is -0.900. The largest absolute Gasteiger partial charge is 0.369 e. The number of Topliss-reactive ketones (excluding diaryl/α,β-unsaturated/α-hetero) is 1. The molecule has 114 valence electrons. The van der Waals surface area contributed by atoms with Crippen molar-refractivity contribution in [3.05, 3.63) is 0 Å². The standard InChI is InChI=1S/C16H27NO3/c1-12(2)20-11-16(19)17-10-6-5-8-14(17)13-7-3-4-9-15(13)18/h12-14H,3-11H2,1-2H3. The summed E-state index contributed by atoms with van der Waals surface area (Å²) in [6, 6.07) is 0.125. The molecule has 0 spiro atoms. The van der Waals surface area contributed by atoms with Crippen molar-refractivity contribution in [1.82, 2.24) is 4.90 Å². The summed E-state index contributed by atoms with van der Waals surface area (Å²) in [6.07, 6.45) is 7.02. The second-order valence-corrected chi connectivity index (χ2v) is 6.33. The summed E-state index contributed by atoms with van der Waals surface area (Å²) in [6.45, 7) is 4.81. The molecular weight excluding hydrogens is 254 g/mol. The fourth-order valence-corrected chi connectivity index (χ4v) is 3.42. The van der Waals surface area contributed by atoms with Crippen molar-refractivity contribution >= 4 is 11.7 Å². The molecule has 1 aliphatic carbocycles. The number of piperidine rings is 1. The van der Waals surface area contributed by atoms with Crippen LogP contribution in [0.3, 0.4) is 0 Å². The van der Waals surface area contributed by atoms with Gasteiger partial charge in [-0.3, -0.25) is 9.59 Å². The van der Waals surface area contributed by atoms with Gasteiger partial charge in [0.25, 0.3) is 0 Å². The zero-order chi connectivity index (χ0) is 14.5. The molecule has 2 atom stereocenters. The second-order valence-electron chi connectivity index (χ2n) is 6.33. The molecule has 4 heteroatoms. The molecular formula is C16H27NO3. The number of ether oxygens (including phenoxy) is 1. The third-order valence-electron chi connectivity index (χ3n) is 4.48. The van der Waals surface area contributed by atoms with Crippen molar-refractivity contribution in [3.8, 4) is 0 Å². The SMILES string of the molecule is CC(C)OCC(=O)N1CCCCC1C1CCCCC1=O.